The van der Waals surface area contributed by atoms with Crippen molar-refractivity contribution in [1.29, 1.82) is 5.26 Å². The fourth-order valence-corrected chi connectivity index (χ4v) is 3.87. The number of fused-ring (bicyclic) bond motifs is 1. The highest BCUT2D eigenvalue weighted by Gasteiger charge is 2.12. The largest absolute Gasteiger partial charge is 0.486 e. The summed E-state index contributed by atoms with van der Waals surface area (Å²) < 4.78 is 32.8. The van der Waals surface area contributed by atoms with Crippen molar-refractivity contribution in [3.8, 4) is 11.8 Å². The van der Waals surface area contributed by atoms with Gasteiger partial charge >= 0.3 is 0 Å². The first kappa shape index (κ1) is 20.6. The Kier molecular flexibility index (Phi) is 6.36. The second-order valence-corrected chi connectivity index (χ2v) is 8.76. The number of benzene rings is 2. The lowest BCUT2D eigenvalue weighted by atomic mass is 10.2. The first-order valence-corrected chi connectivity index (χ1v) is 10.8. The zero-order chi connectivity index (χ0) is 20.9. The Hall–Kier alpha value is -3.09. The number of imidazole rings is 1. The van der Waals surface area contributed by atoms with Gasteiger partial charge in [0.2, 0.25) is 10.0 Å². The molecule has 8 nitrogen and oxygen atoms in total. The monoisotopic (exact) mass is 413 g/mol. The average Bonchev–Trinajstić information content (AvgIpc) is 3.08. The Balaban J connectivity index is 1.64. The van der Waals surface area contributed by atoms with Gasteiger partial charge in [-0.1, -0.05) is 0 Å². The number of nitrogens with one attached hydrogen (secondary N) is 2. The van der Waals surface area contributed by atoms with Crippen molar-refractivity contribution in [2.24, 2.45) is 0 Å². The van der Waals surface area contributed by atoms with Crippen LogP contribution in [0, 0.1) is 11.3 Å². The number of ether oxygens (including phenoxy) is 1. The number of hydrogen-bond acceptors (Lipinski definition) is 6. The molecule has 0 spiro atoms. The van der Waals surface area contributed by atoms with Gasteiger partial charge < -0.3 is 14.6 Å². The number of sulfonamides is 1. The van der Waals surface area contributed by atoms with Crippen molar-refractivity contribution < 1.29 is 13.2 Å². The Bertz CT molecular complexity index is 1120. The van der Waals surface area contributed by atoms with E-state index in [1.807, 2.05) is 19.0 Å². The van der Waals surface area contributed by atoms with Gasteiger partial charge in [0.15, 0.2) is 0 Å². The van der Waals surface area contributed by atoms with Crippen LogP contribution in [0.25, 0.3) is 11.0 Å². The zero-order valence-electron chi connectivity index (χ0n) is 16.3. The Morgan fingerprint density at radius 3 is 2.66 bits per heavy atom. The predicted octanol–water partition coefficient (Wildman–Crippen LogP) is 2.71. The summed E-state index contributed by atoms with van der Waals surface area (Å²) in [5.41, 5.74) is 2.50. The SMILES string of the molecule is CN(C)CCCS(=O)(=O)Nc1ccc2nc(COc3ccc(C#N)cc3)[nH]c2c1. The van der Waals surface area contributed by atoms with Crippen LogP contribution in [0.5, 0.6) is 5.75 Å². The highest BCUT2D eigenvalue weighted by Crippen LogP contribution is 2.20. The second-order valence-electron chi connectivity index (χ2n) is 6.92. The Morgan fingerprint density at radius 1 is 1.21 bits per heavy atom. The van der Waals surface area contributed by atoms with Crippen LogP contribution in [0.15, 0.2) is 42.5 Å². The molecule has 0 saturated carbocycles. The number of nitriles is 1. The minimum atomic E-state index is -3.40. The molecule has 0 amide bonds. The molecule has 0 radical (unpaired) electrons. The van der Waals surface area contributed by atoms with E-state index in [0.29, 0.717) is 35.8 Å². The molecule has 0 bridgehead atoms. The van der Waals surface area contributed by atoms with Crippen LogP contribution in [-0.2, 0) is 16.6 Å². The molecule has 3 aromatic rings. The fraction of sp³-hybridized carbons (Fsp3) is 0.300. The molecule has 0 aliphatic carbocycles. The number of nitrogens with zero attached hydrogens (tertiary/aromatic N) is 3. The standard InChI is InChI=1S/C20H23N5O3S/c1-25(2)10-3-11-29(26,27)24-16-6-9-18-19(12-16)23-20(22-18)14-28-17-7-4-15(13-21)5-8-17/h4-9,12,24H,3,10-11,14H2,1-2H3,(H,22,23). The molecule has 152 valence electrons. The molecular formula is C20H23N5O3S. The lowest BCUT2D eigenvalue weighted by Crippen LogP contribution is -2.21. The topological polar surface area (TPSA) is 111 Å². The van der Waals surface area contributed by atoms with E-state index >= 15 is 0 Å². The summed E-state index contributed by atoms with van der Waals surface area (Å²) in [6.45, 7) is 0.940. The third-order valence-electron chi connectivity index (χ3n) is 4.18. The molecule has 0 aliphatic heterocycles. The third kappa shape index (κ3) is 5.94. The molecular weight excluding hydrogens is 390 g/mol. The van der Waals surface area contributed by atoms with Gasteiger partial charge in [0, 0.05) is 0 Å². The van der Waals surface area contributed by atoms with Gasteiger partial charge in [-0.15, -0.1) is 0 Å². The molecule has 2 aromatic carbocycles. The number of aromatic nitrogens is 2. The zero-order valence-corrected chi connectivity index (χ0v) is 17.2. The first-order valence-electron chi connectivity index (χ1n) is 9.11. The summed E-state index contributed by atoms with van der Waals surface area (Å²) in [7, 11) is 0.420. The van der Waals surface area contributed by atoms with Crippen molar-refractivity contribution in [3.63, 3.8) is 0 Å². The molecule has 0 saturated heterocycles. The van der Waals surface area contributed by atoms with Crippen LogP contribution >= 0.6 is 0 Å². The molecule has 1 aromatic heterocycles. The number of aromatic amines is 1. The number of rotatable bonds is 9. The minimum absolute atomic E-state index is 0.0654. The van der Waals surface area contributed by atoms with Crippen LogP contribution in [-0.4, -0.2) is 49.7 Å². The molecule has 3 rings (SSSR count). The molecule has 0 unspecified atom stereocenters. The Morgan fingerprint density at radius 2 is 1.97 bits per heavy atom. The Labute approximate surface area is 170 Å². The molecule has 29 heavy (non-hydrogen) atoms. The van der Waals surface area contributed by atoms with Gasteiger partial charge in [0.25, 0.3) is 0 Å². The lowest BCUT2D eigenvalue weighted by Gasteiger charge is -2.11. The van der Waals surface area contributed by atoms with E-state index in [1.165, 1.54) is 0 Å². The molecule has 0 aliphatic rings. The van der Waals surface area contributed by atoms with Crippen LogP contribution in [0.3, 0.4) is 0 Å². The van der Waals surface area contributed by atoms with Crippen LogP contribution in [0.4, 0.5) is 5.69 Å². The van der Waals surface area contributed by atoms with E-state index < -0.39 is 10.0 Å². The summed E-state index contributed by atoms with van der Waals surface area (Å²) in [5, 5.41) is 8.82. The summed E-state index contributed by atoms with van der Waals surface area (Å²) in [4.78, 5) is 9.55. The van der Waals surface area contributed by atoms with Gasteiger partial charge in [-0.05, 0) is 69.5 Å². The van der Waals surface area contributed by atoms with Crippen molar-refractivity contribution in [2.45, 2.75) is 13.0 Å². The van der Waals surface area contributed by atoms with Crippen LogP contribution in [0.2, 0.25) is 0 Å². The van der Waals surface area contributed by atoms with E-state index in [0.717, 1.165) is 11.0 Å². The number of H-pyrrole nitrogens is 1. The first-order chi connectivity index (χ1) is 13.8. The average molecular weight is 414 g/mol. The summed E-state index contributed by atoms with van der Waals surface area (Å²) in [6, 6.07) is 14.1. The maximum atomic E-state index is 12.2. The van der Waals surface area contributed by atoms with Crippen LogP contribution in [0.1, 0.15) is 17.8 Å². The highest BCUT2D eigenvalue weighted by atomic mass is 32.2. The van der Waals surface area contributed by atoms with Gasteiger partial charge in [-0.3, -0.25) is 4.72 Å². The van der Waals surface area contributed by atoms with Crippen molar-refractivity contribution in [2.75, 3.05) is 31.1 Å². The van der Waals surface area contributed by atoms with E-state index in [9.17, 15) is 8.42 Å². The van der Waals surface area contributed by atoms with E-state index in [4.69, 9.17) is 10.00 Å². The molecule has 1 heterocycles. The maximum Gasteiger partial charge on any atom is 0.232 e. The third-order valence-corrected chi connectivity index (χ3v) is 5.55. The number of hydrogen-bond donors (Lipinski definition) is 2. The van der Waals surface area contributed by atoms with E-state index in [-0.39, 0.29) is 12.4 Å². The van der Waals surface area contributed by atoms with Gasteiger partial charge in [-0.2, -0.15) is 5.26 Å². The number of anilines is 1. The summed E-state index contributed by atoms with van der Waals surface area (Å²) >= 11 is 0. The normalized spacial score (nSPS) is 11.5. The van der Waals surface area contributed by atoms with E-state index in [1.54, 1.807) is 42.5 Å². The lowest BCUT2D eigenvalue weighted by molar-refractivity contribution is 0.297. The minimum Gasteiger partial charge on any atom is -0.486 e. The van der Waals surface area contributed by atoms with Gasteiger partial charge in [0.05, 0.1) is 34.1 Å². The quantitative estimate of drug-likeness (QED) is 0.558. The van der Waals surface area contributed by atoms with Crippen molar-refractivity contribution in [1.82, 2.24) is 14.9 Å². The van der Waals surface area contributed by atoms with Crippen LogP contribution < -0.4 is 9.46 Å². The molecule has 0 fully saturated rings. The van der Waals surface area contributed by atoms with E-state index in [2.05, 4.69) is 20.8 Å². The predicted molar refractivity (Wildman–Crippen MR) is 112 cm³/mol. The van der Waals surface area contributed by atoms with Gasteiger partial charge in [0.1, 0.15) is 18.2 Å². The summed E-state index contributed by atoms with van der Waals surface area (Å²) in [6.07, 6.45) is 0.561. The van der Waals surface area contributed by atoms with Crippen molar-refractivity contribution in [3.05, 3.63) is 53.9 Å². The summed E-state index contributed by atoms with van der Waals surface area (Å²) in [5.74, 6) is 1.32. The fourth-order valence-electron chi connectivity index (χ4n) is 2.77. The second kappa shape index (κ2) is 8.94. The molecule has 0 atom stereocenters. The smallest absolute Gasteiger partial charge is 0.232 e. The maximum absolute atomic E-state index is 12.2. The molecule has 9 heteroatoms. The van der Waals surface area contributed by atoms with Gasteiger partial charge in [-0.25, -0.2) is 13.4 Å². The molecule has 2 N–H and O–H groups in total. The van der Waals surface area contributed by atoms with Crippen molar-refractivity contribution >= 4 is 26.7 Å². The highest BCUT2D eigenvalue weighted by molar-refractivity contribution is 7.92.